The minimum absolute atomic E-state index is 0.127. The molecule has 1 fully saturated rings. The van der Waals surface area contributed by atoms with Gasteiger partial charge in [-0.25, -0.2) is 0 Å². The number of piperazine rings is 1. The van der Waals surface area contributed by atoms with Gasteiger partial charge in [-0.15, -0.1) is 0 Å². The highest BCUT2D eigenvalue weighted by Gasteiger charge is 2.24. The van der Waals surface area contributed by atoms with Gasteiger partial charge in [-0.3, -0.25) is 9.69 Å². The average molecular weight is 440 g/mol. The summed E-state index contributed by atoms with van der Waals surface area (Å²) < 4.78 is 5.79. The summed E-state index contributed by atoms with van der Waals surface area (Å²) in [7, 11) is 0. The minimum atomic E-state index is -0.127. The van der Waals surface area contributed by atoms with Crippen molar-refractivity contribution in [1.29, 1.82) is 5.26 Å². The van der Waals surface area contributed by atoms with Crippen molar-refractivity contribution in [3.05, 3.63) is 81.5 Å². The van der Waals surface area contributed by atoms with Gasteiger partial charge < -0.3 is 9.32 Å². The van der Waals surface area contributed by atoms with Crippen molar-refractivity contribution in [3.63, 3.8) is 0 Å². The standard InChI is InChI=1S/C23H19Cl2N3O2/c24-18-5-6-20(25)19(13-18)21-7-8-22(30-21)23(29)28-11-9-27(10-12-28)15-17-3-1-16(14-26)2-4-17/h1-8,13H,9-12,15H2. The van der Waals surface area contributed by atoms with Crippen LogP contribution in [-0.2, 0) is 6.54 Å². The van der Waals surface area contributed by atoms with Gasteiger partial charge >= 0.3 is 0 Å². The van der Waals surface area contributed by atoms with Gasteiger partial charge in [0.05, 0.1) is 16.7 Å². The molecule has 30 heavy (non-hydrogen) atoms. The van der Waals surface area contributed by atoms with Crippen molar-refractivity contribution in [2.45, 2.75) is 6.54 Å². The number of hydrogen-bond donors (Lipinski definition) is 0. The van der Waals surface area contributed by atoms with Crippen molar-refractivity contribution in [2.75, 3.05) is 26.2 Å². The van der Waals surface area contributed by atoms with E-state index in [0.717, 1.165) is 25.2 Å². The average Bonchev–Trinajstić information content (AvgIpc) is 3.26. The number of nitriles is 1. The third kappa shape index (κ3) is 4.52. The molecule has 0 saturated carbocycles. The highest BCUT2D eigenvalue weighted by molar-refractivity contribution is 6.35. The monoisotopic (exact) mass is 439 g/mol. The van der Waals surface area contributed by atoms with Crippen molar-refractivity contribution in [1.82, 2.24) is 9.80 Å². The van der Waals surface area contributed by atoms with E-state index >= 15 is 0 Å². The third-order valence-electron chi connectivity index (χ3n) is 5.16. The van der Waals surface area contributed by atoms with Gasteiger partial charge in [0.1, 0.15) is 5.76 Å². The summed E-state index contributed by atoms with van der Waals surface area (Å²) in [4.78, 5) is 17.0. The molecular formula is C23H19Cl2N3O2. The van der Waals surface area contributed by atoms with E-state index in [1.807, 2.05) is 24.3 Å². The van der Waals surface area contributed by atoms with Crippen LogP contribution in [-0.4, -0.2) is 41.9 Å². The van der Waals surface area contributed by atoms with Gasteiger partial charge in [0, 0.05) is 43.3 Å². The number of carbonyl (C=O) groups is 1. The SMILES string of the molecule is N#Cc1ccc(CN2CCN(C(=O)c3ccc(-c4cc(Cl)ccc4Cl)o3)CC2)cc1. The summed E-state index contributed by atoms with van der Waals surface area (Å²) in [6.45, 7) is 3.61. The zero-order chi connectivity index (χ0) is 21.1. The molecule has 0 unspecified atom stereocenters. The Kier molecular flexibility index (Phi) is 6.10. The van der Waals surface area contributed by atoms with Crippen LogP contribution in [0.25, 0.3) is 11.3 Å². The zero-order valence-corrected chi connectivity index (χ0v) is 17.7. The molecule has 1 aliphatic rings. The molecule has 0 bridgehead atoms. The number of nitrogens with zero attached hydrogens (tertiary/aromatic N) is 3. The lowest BCUT2D eigenvalue weighted by Crippen LogP contribution is -2.48. The van der Waals surface area contributed by atoms with Crippen LogP contribution in [0.5, 0.6) is 0 Å². The molecule has 0 aliphatic carbocycles. The second-order valence-electron chi connectivity index (χ2n) is 7.17. The van der Waals surface area contributed by atoms with E-state index in [9.17, 15) is 4.79 Å². The topological polar surface area (TPSA) is 60.5 Å². The van der Waals surface area contributed by atoms with Gasteiger partial charge in [-0.05, 0) is 48.0 Å². The first kappa shape index (κ1) is 20.5. The molecule has 1 aromatic heterocycles. The predicted molar refractivity (Wildman–Crippen MR) is 117 cm³/mol. The Bertz CT molecular complexity index is 1090. The Morgan fingerprint density at radius 1 is 1.00 bits per heavy atom. The molecule has 0 spiro atoms. The number of benzene rings is 2. The number of amides is 1. The summed E-state index contributed by atoms with van der Waals surface area (Å²) in [6, 6.07) is 18.3. The number of hydrogen-bond acceptors (Lipinski definition) is 4. The van der Waals surface area contributed by atoms with Gasteiger partial charge in [-0.1, -0.05) is 35.3 Å². The quantitative estimate of drug-likeness (QED) is 0.568. The molecule has 2 aromatic carbocycles. The highest BCUT2D eigenvalue weighted by Crippen LogP contribution is 2.32. The minimum Gasteiger partial charge on any atom is -0.451 e. The van der Waals surface area contributed by atoms with E-state index in [0.29, 0.717) is 45.8 Å². The lowest BCUT2D eigenvalue weighted by molar-refractivity contribution is 0.0598. The fourth-order valence-corrected chi connectivity index (χ4v) is 3.87. The van der Waals surface area contributed by atoms with Gasteiger partial charge in [0.2, 0.25) is 0 Å². The Morgan fingerprint density at radius 2 is 1.73 bits per heavy atom. The van der Waals surface area contributed by atoms with Gasteiger partial charge in [-0.2, -0.15) is 5.26 Å². The normalized spacial score (nSPS) is 14.5. The van der Waals surface area contributed by atoms with E-state index < -0.39 is 0 Å². The molecule has 152 valence electrons. The van der Waals surface area contributed by atoms with Crippen molar-refractivity contribution < 1.29 is 9.21 Å². The Hall–Kier alpha value is -2.78. The van der Waals surface area contributed by atoms with E-state index in [2.05, 4.69) is 11.0 Å². The zero-order valence-electron chi connectivity index (χ0n) is 16.1. The molecule has 7 heteroatoms. The number of rotatable bonds is 4. The molecule has 4 rings (SSSR count). The number of halogens is 2. The second kappa shape index (κ2) is 8.93. The lowest BCUT2D eigenvalue weighted by atomic mass is 10.1. The molecule has 2 heterocycles. The van der Waals surface area contributed by atoms with Crippen molar-refractivity contribution in [3.8, 4) is 17.4 Å². The predicted octanol–water partition coefficient (Wildman–Crippen LogP) is 5.08. The fraction of sp³-hybridized carbons (Fsp3) is 0.217. The Balaban J connectivity index is 1.37. The maximum atomic E-state index is 12.9. The van der Waals surface area contributed by atoms with E-state index in [1.165, 1.54) is 0 Å². The van der Waals surface area contributed by atoms with Crippen LogP contribution >= 0.6 is 23.2 Å². The molecule has 1 saturated heterocycles. The number of furan rings is 1. The Morgan fingerprint density at radius 3 is 2.43 bits per heavy atom. The summed E-state index contributed by atoms with van der Waals surface area (Å²) in [6.07, 6.45) is 0. The summed E-state index contributed by atoms with van der Waals surface area (Å²) in [5.74, 6) is 0.685. The molecule has 1 amide bonds. The highest BCUT2D eigenvalue weighted by atomic mass is 35.5. The summed E-state index contributed by atoms with van der Waals surface area (Å²) in [5, 5.41) is 9.97. The second-order valence-corrected chi connectivity index (χ2v) is 8.01. The molecule has 1 aliphatic heterocycles. The van der Waals surface area contributed by atoms with E-state index in [1.54, 1.807) is 35.2 Å². The van der Waals surface area contributed by atoms with Crippen LogP contribution in [0.4, 0.5) is 0 Å². The molecule has 3 aromatic rings. The molecule has 0 N–H and O–H groups in total. The van der Waals surface area contributed by atoms with Crippen LogP contribution < -0.4 is 0 Å². The van der Waals surface area contributed by atoms with Gasteiger partial charge in [0.25, 0.3) is 5.91 Å². The van der Waals surface area contributed by atoms with Crippen LogP contribution in [0.1, 0.15) is 21.7 Å². The van der Waals surface area contributed by atoms with E-state index in [4.69, 9.17) is 32.9 Å². The fourth-order valence-electron chi connectivity index (χ4n) is 3.49. The Labute approximate surface area is 185 Å². The van der Waals surface area contributed by atoms with Gasteiger partial charge in [0.15, 0.2) is 5.76 Å². The van der Waals surface area contributed by atoms with Crippen LogP contribution in [0.15, 0.2) is 59.0 Å². The maximum absolute atomic E-state index is 12.9. The smallest absolute Gasteiger partial charge is 0.289 e. The molecule has 0 radical (unpaired) electrons. The first-order valence-corrected chi connectivity index (χ1v) is 10.3. The van der Waals surface area contributed by atoms with Crippen molar-refractivity contribution >= 4 is 29.1 Å². The molecule has 5 nitrogen and oxygen atoms in total. The summed E-state index contributed by atoms with van der Waals surface area (Å²) >= 11 is 12.3. The third-order valence-corrected chi connectivity index (χ3v) is 5.72. The summed E-state index contributed by atoms with van der Waals surface area (Å²) in [5.41, 5.74) is 2.48. The molecule has 0 atom stereocenters. The first-order chi connectivity index (χ1) is 14.5. The molecular weight excluding hydrogens is 421 g/mol. The maximum Gasteiger partial charge on any atom is 0.289 e. The number of carbonyl (C=O) groups excluding carboxylic acids is 1. The largest absolute Gasteiger partial charge is 0.451 e. The van der Waals surface area contributed by atoms with Crippen LogP contribution in [0.3, 0.4) is 0 Å². The van der Waals surface area contributed by atoms with E-state index in [-0.39, 0.29) is 5.91 Å². The lowest BCUT2D eigenvalue weighted by Gasteiger charge is -2.34. The first-order valence-electron chi connectivity index (χ1n) is 9.59. The van der Waals surface area contributed by atoms with Crippen molar-refractivity contribution in [2.24, 2.45) is 0 Å². The van der Waals surface area contributed by atoms with Crippen LogP contribution in [0.2, 0.25) is 10.0 Å². The van der Waals surface area contributed by atoms with Crippen LogP contribution in [0, 0.1) is 11.3 Å².